The number of nitrogens with one attached hydrogen (secondary N) is 1. The van der Waals surface area contributed by atoms with Crippen molar-refractivity contribution in [2.75, 3.05) is 22.4 Å². The Morgan fingerprint density at radius 3 is 2.00 bits per heavy atom. The number of benzene rings is 2. The lowest BCUT2D eigenvalue weighted by atomic mass is 9.87. The number of carbonyl (C=O) groups is 1. The van der Waals surface area contributed by atoms with Crippen LogP contribution in [-0.2, 0) is 20.2 Å². The van der Waals surface area contributed by atoms with Crippen LogP contribution in [0.25, 0.3) is 0 Å². The molecular formula is C19H22F2N2O3S. The monoisotopic (exact) mass is 396 g/mol. The number of amides is 1. The standard InChI is InChI=1S/C19H22F2N2O3S/c1-19(2,3)13-8-10-14(11-9-13)22-17(24)12-23(27(4,25)26)18-15(20)6-5-7-16(18)21/h5-11H,12H2,1-4H3,(H,22,24). The van der Waals surface area contributed by atoms with Gasteiger partial charge in [-0.2, -0.15) is 0 Å². The molecule has 8 heteroatoms. The fourth-order valence-electron chi connectivity index (χ4n) is 2.47. The highest BCUT2D eigenvalue weighted by atomic mass is 32.2. The van der Waals surface area contributed by atoms with E-state index in [1.165, 1.54) is 0 Å². The van der Waals surface area contributed by atoms with Gasteiger partial charge in [-0.05, 0) is 35.2 Å². The minimum absolute atomic E-state index is 0.0575. The Balaban J connectivity index is 2.23. The molecule has 0 atom stereocenters. The number of anilines is 2. The average Bonchev–Trinajstić information content (AvgIpc) is 2.52. The smallest absolute Gasteiger partial charge is 0.245 e. The van der Waals surface area contributed by atoms with Gasteiger partial charge in [0.05, 0.1) is 6.26 Å². The molecule has 1 N–H and O–H groups in total. The van der Waals surface area contributed by atoms with E-state index in [1.54, 1.807) is 12.1 Å². The summed E-state index contributed by atoms with van der Waals surface area (Å²) in [7, 11) is -4.08. The van der Waals surface area contributed by atoms with E-state index in [-0.39, 0.29) is 5.41 Å². The summed E-state index contributed by atoms with van der Waals surface area (Å²) in [6, 6.07) is 10.0. The van der Waals surface area contributed by atoms with Gasteiger partial charge in [-0.1, -0.05) is 39.0 Å². The molecule has 0 aromatic heterocycles. The summed E-state index contributed by atoms with van der Waals surface area (Å²) in [5.74, 6) is -2.85. The third kappa shape index (κ3) is 5.26. The lowest BCUT2D eigenvalue weighted by molar-refractivity contribution is -0.114. The zero-order chi connectivity index (χ0) is 20.4. The van der Waals surface area contributed by atoms with Gasteiger partial charge in [0.15, 0.2) is 11.6 Å². The first kappa shape index (κ1) is 20.8. The predicted octanol–water partition coefficient (Wildman–Crippen LogP) is 3.67. The molecule has 0 spiro atoms. The van der Waals surface area contributed by atoms with Crippen molar-refractivity contribution in [1.29, 1.82) is 0 Å². The van der Waals surface area contributed by atoms with Gasteiger partial charge >= 0.3 is 0 Å². The second-order valence-corrected chi connectivity index (χ2v) is 9.12. The van der Waals surface area contributed by atoms with Crippen LogP contribution >= 0.6 is 0 Å². The van der Waals surface area contributed by atoms with Gasteiger partial charge in [-0.3, -0.25) is 9.10 Å². The topological polar surface area (TPSA) is 66.5 Å². The molecule has 2 aromatic rings. The molecule has 146 valence electrons. The number of nitrogens with zero attached hydrogens (tertiary/aromatic N) is 1. The molecule has 0 aliphatic rings. The van der Waals surface area contributed by atoms with Crippen LogP contribution in [0.2, 0.25) is 0 Å². The Morgan fingerprint density at radius 2 is 1.56 bits per heavy atom. The van der Waals surface area contributed by atoms with Crippen LogP contribution in [0.3, 0.4) is 0 Å². The second kappa shape index (κ2) is 7.64. The summed E-state index contributed by atoms with van der Waals surface area (Å²) in [6.45, 7) is 5.40. The van der Waals surface area contributed by atoms with Crippen LogP contribution in [0.4, 0.5) is 20.2 Å². The molecule has 0 fully saturated rings. The maximum Gasteiger partial charge on any atom is 0.245 e. The first-order chi connectivity index (χ1) is 12.4. The molecule has 0 aliphatic carbocycles. The van der Waals surface area contributed by atoms with Crippen molar-refractivity contribution in [3.8, 4) is 0 Å². The fourth-order valence-corrected chi connectivity index (χ4v) is 3.33. The number of sulfonamides is 1. The molecule has 5 nitrogen and oxygen atoms in total. The first-order valence-electron chi connectivity index (χ1n) is 8.22. The van der Waals surface area contributed by atoms with Gasteiger partial charge < -0.3 is 5.32 Å². The molecule has 0 saturated carbocycles. The summed E-state index contributed by atoms with van der Waals surface area (Å²) in [4.78, 5) is 12.3. The van der Waals surface area contributed by atoms with E-state index >= 15 is 0 Å². The van der Waals surface area contributed by atoms with E-state index in [9.17, 15) is 22.0 Å². The highest BCUT2D eigenvalue weighted by Crippen LogP contribution is 2.26. The highest BCUT2D eigenvalue weighted by Gasteiger charge is 2.26. The number of para-hydroxylation sites is 1. The van der Waals surface area contributed by atoms with Crippen LogP contribution in [0.1, 0.15) is 26.3 Å². The van der Waals surface area contributed by atoms with Crippen LogP contribution in [-0.4, -0.2) is 27.1 Å². The first-order valence-corrected chi connectivity index (χ1v) is 10.1. The number of carbonyl (C=O) groups excluding carboxylic acids is 1. The Hall–Kier alpha value is -2.48. The van der Waals surface area contributed by atoms with Crippen molar-refractivity contribution in [1.82, 2.24) is 0 Å². The largest absolute Gasteiger partial charge is 0.325 e. The summed E-state index contributed by atoms with van der Waals surface area (Å²) in [6.07, 6.45) is 0.782. The normalized spacial score (nSPS) is 11.9. The molecule has 2 rings (SSSR count). The number of rotatable bonds is 5. The minimum atomic E-state index is -4.08. The quantitative estimate of drug-likeness (QED) is 0.839. The van der Waals surface area contributed by atoms with Crippen molar-refractivity contribution >= 4 is 27.3 Å². The maximum absolute atomic E-state index is 14.0. The van der Waals surface area contributed by atoms with E-state index in [4.69, 9.17) is 0 Å². The molecule has 27 heavy (non-hydrogen) atoms. The Morgan fingerprint density at radius 1 is 1.04 bits per heavy atom. The van der Waals surface area contributed by atoms with Crippen LogP contribution in [0, 0.1) is 11.6 Å². The number of halogens is 2. The third-order valence-electron chi connectivity index (χ3n) is 3.91. The third-order valence-corrected chi connectivity index (χ3v) is 5.02. The summed E-state index contributed by atoms with van der Waals surface area (Å²) in [5, 5.41) is 2.54. The highest BCUT2D eigenvalue weighted by molar-refractivity contribution is 7.92. The van der Waals surface area contributed by atoms with Crippen molar-refractivity contribution in [3.05, 3.63) is 59.7 Å². The molecule has 1 amide bonds. The van der Waals surface area contributed by atoms with E-state index in [1.807, 2.05) is 32.9 Å². The lowest BCUT2D eigenvalue weighted by Gasteiger charge is -2.23. The Kier molecular flexibility index (Phi) is 5.89. The zero-order valence-corrected chi connectivity index (χ0v) is 16.4. The van der Waals surface area contributed by atoms with Crippen molar-refractivity contribution < 1.29 is 22.0 Å². The Labute approximate surface area is 158 Å². The Bertz CT molecular complexity index is 916. The van der Waals surface area contributed by atoms with Gasteiger partial charge in [0.2, 0.25) is 15.9 Å². The van der Waals surface area contributed by atoms with Gasteiger partial charge in [0, 0.05) is 5.69 Å². The summed E-state index contributed by atoms with van der Waals surface area (Å²) >= 11 is 0. The average molecular weight is 396 g/mol. The molecule has 2 aromatic carbocycles. The fraction of sp³-hybridized carbons (Fsp3) is 0.316. The van der Waals surface area contributed by atoms with Crippen molar-refractivity contribution in [2.45, 2.75) is 26.2 Å². The molecular weight excluding hydrogens is 374 g/mol. The van der Waals surface area contributed by atoms with E-state index < -0.39 is 39.8 Å². The van der Waals surface area contributed by atoms with Gasteiger partial charge in [0.1, 0.15) is 12.2 Å². The predicted molar refractivity (Wildman–Crippen MR) is 102 cm³/mol. The molecule has 0 saturated heterocycles. The molecule has 0 bridgehead atoms. The van der Waals surface area contributed by atoms with E-state index in [0.717, 1.165) is 30.0 Å². The van der Waals surface area contributed by atoms with Crippen molar-refractivity contribution in [2.24, 2.45) is 0 Å². The molecule has 0 unspecified atom stereocenters. The molecule has 0 heterocycles. The summed E-state index contributed by atoms with van der Waals surface area (Å²) in [5.41, 5.74) is 0.679. The molecule has 0 aliphatic heterocycles. The maximum atomic E-state index is 14.0. The van der Waals surface area contributed by atoms with Gasteiger partial charge in [-0.25, -0.2) is 17.2 Å². The van der Waals surface area contributed by atoms with E-state index in [0.29, 0.717) is 9.99 Å². The van der Waals surface area contributed by atoms with Crippen molar-refractivity contribution in [3.63, 3.8) is 0 Å². The number of hydrogen-bond acceptors (Lipinski definition) is 3. The van der Waals surface area contributed by atoms with E-state index in [2.05, 4.69) is 5.32 Å². The minimum Gasteiger partial charge on any atom is -0.325 e. The number of hydrogen-bond donors (Lipinski definition) is 1. The second-order valence-electron chi connectivity index (χ2n) is 7.22. The zero-order valence-electron chi connectivity index (χ0n) is 15.6. The summed E-state index contributed by atoms with van der Waals surface area (Å²) < 4.78 is 52.4. The van der Waals surface area contributed by atoms with Gasteiger partial charge in [-0.15, -0.1) is 0 Å². The van der Waals surface area contributed by atoms with Crippen LogP contribution in [0.15, 0.2) is 42.5 Å². The van der Waals surface area contributed by atoms with Gasteiger partial charge in [0.25, 0.3) is 0 Å². The molecule has 0 radical (unpaired) electrons. The lowest BCUT2D eigenvalue weighted by Crippen LogP contribution is -2.38. The van der Waals surface area contributed by atoms with Crippen LogP contribution in [0.5, 0.6) is 0 Å². The SMILES string of the molecule is CC(C)(C)c1ccc(NC(=O)CN(c2c(F)cccc2F)S(C)(=O)=O)cc1. The van der Waals surface area contributed by atoms with Crippen LogP contribution < -0.4 is 9.62 Å².